The predicted molar refractivity (Wildman–Crippen MR) is 107 cm³/mol. The van der Waals surface area contributed by atoms with E-state index in [0.717, 1.165) is 18.3 Å². The zero-order valence-electron chi connectivity index (χ0n) is 14.2. The van der Waals surface area contributed by atoms with Gasteiger partial charge < -0.3 is 20.1 Å². The van der Waals surface area contributed by atoms with Crippen LogP contribution in [-0.4, -0.2) is 44.9 Å². The Morgan fingerprint density at radius 3 is 2.65 bits per heavy atom. The summed E-state index contributed by atoms with van der Waals surface area (Å²) in [5.41, 5.74) is -0.278. The molecular formula is C16H27ClIN3O2. The number of guanidine groups is 1. The average Bonchev–Trinajstić information content (AvgIpc) is 2.49. The molecule has 0 aliphatic heterocycles. The fourth-order valence-electron chi connectivity index (χ4n) is 1.57. The van der Waals surface area contributed by atoms with Gasteiger partial charge in [-0.2, -0.15) is 0 Å². The Labute approximate surface area is 161 Å². The van der Waals surface area contributed by atoms with Crippen molar-refractivity contribution in [2.75, 3.05) is 33.4 Å². The Kier molecular flexibility index (Phi) is 11.4. The number of aliphatic imine (C=N–C) groups is 1. The summed E-state index contributed by atoms with van der Waals surface area (Å²) in [5, 5.41) is 7.09. The van der Waals surface area contributed by atoms with Crippen molar-refractivity contribution in [3.8, 4) is 5.75 Å². The maximum atomic E-state index is 5.91. The lowest BCUT2D eigenvalue weighted by Gasteiger charge is -2.21. The molecule has 0 heterocycles. The summed E-state index contributed by atoms with van der Waals surface area (Å²) in [5.74, 6) is 1.51. The summed E-state index contributed by atoms with van der Waals surface area (Å²) >= 11 is 5.91. The lowest BCUT2D eigenvalue weighted by Crippen LogP contribution is -2.40. The third-order valence-corrected chi connectivity index (χ3v) is 3.21. The number of methoxy groups -OCH3 is 1. The van der Waals surface area contributed by atoms with Crippen molar-refractivity contribution in [1.82, 2.24) is 10.6 Å². The SMILES string of the molecule is CCNC(=NCC(C)(C)OC)NCCOc1cccc(Cl)c1.I. The fraction of sp³-hybridized carbons (Fsp3) is 0.562. The van der Waals surface area contributed by atoms with Crippen molar-refractivity contribution in [3.05, 3.63) is 29.3 Å². The molecule has 0 bridgehead atoms. The fourth-order valence-corrected chi connectivity index (χ4v) is 1.75. The molecule has 7 heteroatoms. The van der Waals surface area contributed by atoms with Gasteiger partial charge in [0.1, 0.15) is 12.4 Å². The van der Waals surface area contributed by atoms with E-state index < -0.39 is 0 Å². The van der Waals surface area contributed by atoms with Gasteiger partial charge in [-0.3, -0.25) is 4.99 Å². The van der Waals surface area contributed by atoms with Crippen LogP contribution in [0.25, 0.3) is 0 Å². The van der Waals surface area contributed by atoms with Crippen LogP contribution in [0.4, 0.5) is 0 Å². The summed E-state index contributed by atoms with van der Waals surface area (Å²) in [6, 6.07) is 7.36. The van der Waals surface area contributed by atoms with Gasteiger partial charge in [-0.1, -0.05) is 17.7 Å². The molecule has 2 N–H and O–H groups in total. The van der Waals surface area contributed by atoms with Gasteiger partial charge in [0.05, 0.1) is 18.7 Å². The van der Waals surface area contributed by atoms with Gasteiger partial charge in [0, 0.05) is 18.7 Å². The second-order valence-corrected chi connectivity index (χ2v) is 5.83. The molecule has 0 atom stereocenters. The van der Waals surface area contributed by atoms with Gasteiger partial charge in [0.15, 0.2) is 5.96 Å². The average molecular weight is 456 g/mol. The molecule has 0 saturated carbocycles. The molecular weight excluding hydrogens is 429 g/mol. The molecule has 5 nitrogen and oxygen atoms in total. The Morgan fingerprint density at radius 1 is 1.30 bits per heavy atom. The van der Waals surface area contributed by atoms with E-state index >= 15 is 0 Å². The first-order valence-corrected chi connectivity index (χ1v) is 7.80. The van der Waals surface area contributed by atoms with E-state index in [-0.39, 0.29) is 29.6 Å². The molecule has 1 rings (SSSR count). The molecule has 0 aliphatic carbocycles. The van der Waals surface area contributed by atoms with Crippen molar-refractivity contribution >= 4 is 41.5 Å². The van der Waals surface area contributed by atoms with Crippen molar-refractivity contribution in [3.63, 3.8) is 0 Å². The van der Waals surface area contributed by atoms with Crippen LogP contribution in [0.1, 0.15) is 20.8 Å². The number of hydrogen-bond donors (Lipinski definition) is 2. The minimum absolute atomic E-state index is 0. The monoisotopic (exact) mass is 455 g/mol. The number of rotatable bonds is 8. The minimum atomic E-state index is -0.278. The van der Waals surface area contributed by atoms with Crippen LogP contribution in [-0.2, 0) is 4.74 Å². The van der Waals surface area contributed by atoms with Crippen LogP contribution in [0.5, 0.6) is 5.75 Å². The number of ether oxygens (including phenoxy) is 2. The highest BCUT2D eigenvalue weighted by Gasteiger charge is 2.15. The first kappa shape index (κ1) is 22.3. The first-order valence-electron chi connectivity index (χ1n) is 7.42. The molecule has 0 fully saturated rings. The zero-order chi connectivity index (χ0) is 16.4. The van der Waals surface area contributed by atoms with Gasteiger partial charge in [0.2, 0.25) is 0 Å². The van der Waals surface area contributed by atoms with E-state index in [1.807, 2.05) is 39.0 Å². The Bertz CT molecular complexity index is 484. The molecule has 1 aromatic carbocycles. The smallest absolute Gasteiger partial charge is 0.191 e. The third kappa shape index (κ3) is 9.88. The van der Waals surface area contributed by atoms with Gasteiger partial charge in [0.25, 0.3) is 0 Å². The standard InChI is InChI=1S/C16H26ClN3O2.HI/c1-5-18-15(20-12-16(2,3)21-4)19-9-10-22-14-8-6-7-13(17)11-14;/h6-8,11H,5,9-10,12H2,1-4H3,(H2,18,19,20);1H. The van der Waals surface area contributed by atoms with Crippen LogP contribution in [0.15, 0.2) is 29.3 Å². The third-order valence-electron chi connectivity index (χ3n) is 2.97. The van der Waals surface area contributed by atoms with Gasteiger partial charge >= 0.3 is 0 Å². The Balaban J connectivity index is 0.00000484. The van der Waals surface area contributed by atoms with Crippen LogP contribution < -0.4 is 15.4 Å². The topological polar surface area (TPSA) is 54.9 Å². The molecule has 0 amide bonds. The number of benzene rings is 1. The molecule has 0 spiro atoms. The van der Waals surface area contributed by atoms with Crippen molar-refractivity contribution < 1.29 is 9.47 Å². The second kappa shape index (κ2) is 11.8. The molecule has 1 aromatic rings. The quantitative estimate of drug-likeness (QED) is 0.273. The molecule has 132 valence electrons. The van der Waals surface area contributed by atoms with Gasteiger partial charge in [-0.05, 0) is 39.0 Å². The summed E-state index contributed by atoms with van der Waals surface area (Å²) in [6.45, 7) is 8.58. The molecule has 23 heavy (non-hydrogen) atoms. The van der Waals surface area contributed by atoms with E-state index in [0.29, 0.717) is 24.7 Å². The summed E-state index contributed by atoms with van der Waals surface area (Å²) in [7, 11) is 1.69. The minimum Gasteiger partial charge on any atom is -0.492 e. The van der Waals surface area contributed by atoms with Crippen LogP contribution in [0.2, 0.25) is 5.02 Å². The summed E-state index contributed by atoms with van der Waals surface area (Å²) < 4.78 is 11.0. The number of hydrogen-bond acceptors (Lipinski definition) is 3. The summed E-state index contributed by atoms with van der Waals surface area (Å²) in [6.07, 6.45) is 0. The highest BCUT2D eigenvalue weighted by molar-refractivity contribution is 14.0. The normalized spacial score (nSPS) is 11.6. The van der Waals surface area contributed by atoms with E-state index in [4.69, 9.17) is 21.1 Å². The molecule has 0 aromatic heterocycles. The maximum Gasteiger partial charge on any atom is 0.191 e. The Morgan fingerprint density at radius 2 is 2.04 bits per heavy atom. The number of nitrogens with zero attached hydrogens (tertiary/aromatic N) is 1. The van der Waals surface area contributed by atoms with Crippen molar-refractivity contribution in [2.24, 2.45) is 4.99 Å². The Hall–Kier alpha value is -0.730. The largest absolute Gasteiger partial charge is 0.492 e. The zero-order valence-corrected chi connectivity index (χ0v) is 17.3. The molecule has 0 saturated heterocycles. The maximum absolute atomic E-state index is 5.91. The van der Waals surface area contributed by atoms with E-state index in [2.05, 4.69) is 15.6 Å². The van der Waals surface area contributed by atoms with E-state index in [1.165, 1.54) is 0 Å². The molecule has 0 aliphatic rings. The number of nitrogens with one attached hydrogen (secondary N) is 2. The van der Waals surface area contributed by atoms with Crippen LogP contribution >= 0.6 is 35.6 Å². The van der Waals surface area contributed by atoms with Gasteiger partial charge in [-0.25, -0.2) is 0 Å². The number of halogens is 2. The van der Waals surface area contributed by atoms with Crippen molar-refractivity contribution in [1.29, 1.82) is 0 Å². The second-order valence-electron chi connectivity index (χ2n) is 5.39. The molecule has 0 radical (unpaired) electrons. The predicted octanol–water partition coefficient (Wildman–Crippen LogP) is 3.32. The van der Waals surface area contributed by atoms with E-state index in [1.54, 1.807) is 13.2 Å². The van der Waals surface area contributed by atoms with Gasteiger partial charge in [-0.15, -0.1) is 24.0 Å². The van der Waals surface area contributed by atoms with Crippen molar-refractivity contribution in [2.45, 2.75) is 26.4 Å². The highest BCUT2D eigenvalue weighted by Crippen LogP contribution is 2.16. The van der Waals surface area contributed by atoms with Crippen LogP contribution in [0.3, 0.4) is 0 Å². The van der Waals surface area contributed by atoms with E-state index in [9.17, 15) is 0 Å². The molecule has 0 unspecified atom stereocenters. The first-order chi connectivity index (χ1) is 10.5. The summed E-state index contributed by atoms with van der Waals surface area (Å²) in [4.78, 5) is 4.51. The lowest BCUT2D eigenvalue weighted by atomic mass is 10.1. The van der Waals surface area contributed by atoms with Crippen LogP contribution in [0, 0.1) is 0 Å². The lowest BCUT2D eigenvalue weighted by molar-refractivity contribution is 0.0310. The highest BCUT2D eigenvalue weighted by atomic mass is 127.